The number of fused-ring (bicyclic) bond motifs is 1. The molecule has 8 heteroatoms. The minimum atomic E-state index is -3.03. The average Bonchev–Trinajstić information content (AvgIpc) is 3.21. The molecule has 2 aromatic rings. The fraction of sp³-hybridized carbons (Fsp3) is 0.391. The van der Waals surface area contributed by atoms with E-state index in [1.807, 2.05) is 48.2 Å². The van der Waals surface area contributed by atoms with E-state index in [9.17, 15) is 13.2 Å². The number of amidine groups is 1. The lowest BCUT2D eigenvalue weighted by atomic mass is 10.0. The fourth-order valence-electron chi connectivity index (χ4n) is 3.76. The van der Waals surface area contributed by atoms with E-state index in [2.05, 4.69) is 31.3 Å². The number of nitrogens with zero attached hydrogens (tertiary/aromatic N) is 2. The van der Waals surface area contributed by atoms with Crippen LogP contribution in [0.25, 0.3) is 0 Å². The lowest BCUT2D eigenvalue weighted by molar-refractivity contribution is -0.114. The van der Waals surface area contributed by atoms with Crippen LogP contribution in [0.2, 0.25) is 0 Å². The Kier molecular flexibility index (Phi) is 6.12. The summed E-state index contributed by atoms with van der Waals surface area (Å²) in [6, 6.07) is 15.6. The van der Waals surface area contributed by atoms with Crippen molar-refractivity contribution in [3.63, 3.8) is 0 Å². The van der Waals surface area contributed by atoms with Crippen molar-refractivity contribution in [2.75, 3.05) is 28.3 Å². The Balaban J connectivity index is 1.57. The largest absolute Gasteiger partial charge is 0.325 e. The maximum atomic E-state index is 12.8. The van der Waals surface area contributed by atoms with Gasteiger partial charge in [-0.15, -0.1) is 0 Å². The normalized spacial score (nSPS) is 21.6. The molecule has 1 N–H and O–H groups in total. The molecule has 0 bridgehead atoms. The van der Waals surface area contributed by atoms with E-state index in [4.69, 9.17) is 4.99 Å². The summed E-state index contributed by atoms with van der Waals surface area (Å²) in [7, 11) is -3.03. The van der Waals surface area contributed by atoms with Gasteiger partial charge in [0.1, 0.15) is 6.54 Å². The Bertz CT molecular complexity index is 1090. The number of hydrogen-bond acceptors (Lipinski definition) is 6. The molecule has 2 aromatic carbocycles. The maximum Gasteiger partial charge on any atom is 0.244 e. The molecule has 1 amide bonds. The van der Waals surface area contributed by atoms with Crippen molar-refractivity contribution >= 4 is 44.0 Å². The molecule has 0 unspecified atom stereocenters. The molecule has 0 spiro atoms. The predicted octanol–water partition coefficient (Wildman–Crippen LogP) is 3.83. The molecular formula is C23H27N3O3S2. The standard InChI is InChI=1S/C23H27N3O3S2/c1-15(2)17-6-10-19(11-7-17)26(12-22(27)24-18-8-4-16(3)5-9-18)23-25-20-13-31(28,29)14-21(20)30-23/h4-11,15,20-21H,12-14H2,1-3H3,(H,24,27)/t20-,21+/m1/s1. The van der Waals surface area contributed by atoms with Crippen LogP contribution in [0, 0.1) is 6.92 Å². The van der Waals surface area contributed by atoms with Crippen molar-refractivity contribution in [2.24, 2.45) is 4.99 Å². The highest BCUT2D eigenvalue weighted by atomic mass is 32.2. The molecule has 2 heterocycles. The van der Waals surface area contributed by atoms with E-state index >= 15 is 0 Å². The number of carbonyl (C=O) groups excluding carboxylic acids is 1. The van der Waals surface area contributed by atoms with Crippen LogP contribution in [0.1, 0.15) is 30.9 Å². The van der Waals surface area contributed by atoms with Crippen LogP contribution >= 0.6 is 11.8 Å². The first-order chi connectivity index (χ1) is 14.7. The van der Waals surface area contributed by atoms with Gasteiger partial charge in [0, 0.05) is 16.6 Å². The quantitative estimate of drug-likeness (QED) is 0.738. The first-order valence-corrected chi connectivity index (χ1v) is 13.1. The number of hydrogen-bond donors (Lipinski definition) is 1. The number of amides is 1. The van der Waals surface area contributed by atoms with Gasteiger partial charge in [0.15, 0.2) is 15.0 Å². The molecule has 1 saturated heterocycles. The SMILES string of the molecule is Cc1ccc(NC(=O)CN(C2=N[C@@H]3CS(=O)(=O)C[C@@H]3S2)c2ccc(C(C)C)cc2)cc1. The number of carbonyl (C=O) groups is 1. The Morgan fingerprint density at radius 1 is 1.13 bits per heavy atom. The highest BCUT2D eigenvalue weighted by molar-refractivity contribution is 8.15. The molecule has 0 saturated carbocycles. The van der Waals surface area contributed by atoms with Gasteiger partial charge in [0.05, 0.1) is 17.5 Å². The topological polar surface area (TPSA) is 78.8 Å². The van der Waals surface area contributed by atoms with Crippen molar-refractivity contribution in [1.29, 1.82) is 0 Å². The summed E-state index contributed by atoms with van der Waals surface area (Å²) >= 11 is 1.46. The van der Waals surface area contributed by atoms with Gasteiger partial charge in [-0.2, -0.15) is 0 Å². The Morgan fingerprint density at radius 3 is 2.42 bits per heavy atom. The minimum Gasteiger partial charge on any atom is -0.325 e. The van der Waals surface area contributed by atoms with E-state index in [1.54, 1.807) is 0 Å². The maximum absolute atomic E-state index is 12.8. The first-order valence-electron chi connectivity index (χ1n) is 10.4. The Morgan fingerprint density at radius 2 is 1.81 bits per heavy atom. The summed E-state index contributed by atoms with van der Waals surface area (Å²) in [5.41, 5.74) is 3.96. The second kappa shape index (κ2) is 8.67. The van der Waals surface area contributed by atoms with Crippen molar-refractivity contribution < 1.29 is 13.2 Å². The molecule has 31 heavy (non-hydrogen) atoms. The summed E-state index contributed by atoms with van der Waals surface area (Å²) in [6.07, 6.45) is 0. The smallest absolute Gasteiger partial charge is 0.244 e. The number of benzene rings is 2. The number of aliphatic imine (C=N–C) groups is 1. The highest BCUT2D eigenvalue weighted by Crippen LogP contribution is 2.37. The van der Waals surface area contributed by atoms with Gasteiger partial charge in [-0.05, 0) is 42.7 Å². The van der Waals surface area contributed by atoms with Crippen molar-refractivity contribution in [3.8, 4) is 0 Å². The summed E-state index contributed by atoms with van der Waals surface area (Å²) in [5, 5.41) is 3.58. The average molecular weight is 458 g/mol. The number of sulfone groups is 1. The molecule has 164 valence electrons. The minimum absolute atomic E-state index is 0.0717. The van der Waals surface area contributed by atoms with Crippen LogP contribution in [0.15, 0.2) is 53.5 Å². The lowest BCUT2D eigenvalue weighted by Crippen LogP contribution is -2.36. The van der Waals surface area contributed by atoms with Crippen LogP contribution < -0.4 is 10.2 Å². The van der Waals surface area contributed by atoms with E-state index in [0.29, 0.717) is 11.1 Å². The van der Waals surface area contributed by atoms with Gasteiger partial charge in [-0.25, -0.2) is 8.42 Å². The van der Waals surface area contributed by atoms with E-state index in [1.165, 1.54) is 17.3 Å². The molecular weight excluding hydrogens is 430 g/mol. The van der Waals surface area contributed by atoms with Gasteiger partial charge >= 0.3 is 0 Å². The zero-order valence-electron chi connectivity index (χ0n) is 17.9. The van der Waals surface area contributed by atoms with Crippen molar-refractivity contribution in [3.05, 3.63) is 59.7 Å². The van der Waals surface area contributed by atoms with Crippen molar-refractivity contribution in [1.82, 2.24) is 0 Å². The second-order valence-electron chi connectivity index (χ2n) is 8.46. The molecule has 0 aliphatic carbocycles. The Labute approximate surface area is 188 Å². The monoisotopic (exact) mass is 457 g/mol. The van der Waals surface area contributed by atoms with Gasteiger partial charge < -0.3 is 10.2 Å². The van der Waals surface area contributed by atoms with Crippen LogP contribution in [0.3, 0.4) is 0 Å². The van der Waals surface area contributed by atoms with Crippen LogP contribution in [0.4, 0.5) is 11.4 Å². The molecule has 1 fully saturated rings. The number of aryl methyl sites for hydroxylation is 1. The molecule has 6 nitrogen and oxygen atoms in total. The number of anilines is 2. The lowest BCUT2D eigenvalue weighted by Gasteiger charge is -2.24. The van der Waals surface area contributed by atoms with Crippen LogP contribution in [0.5, 0.6) is 0 Å². The molecule has 0 radical (unpaired) electrons. The number of rotatable bonds is 5. The van der Waals surface area contributed by atoms with Crippen molar-refractivity contribution in [2.45, 2.75) is 38.0 Å². The molecule has 4 rings (SSSR count). The second-order valence-corrected chi connectivity index (χ2v) is 11.8. The fourth-order valence-corrected chi connectivity index (χ4v) is 7.54. The van der Waals surface area contributed by atoms with Gasteiger partial charge in [0.25, 0.3) is 0 Å². The van der Waals surface area contributed by atoms with Gasteiger partial charge in [0.2, 0.25) is 5.91 Å². The van der Waals surface area contributed by atoms with Crippen LogP contribution in [-0.4, -0.2) is 48.8 Å². The number of thioether (sulfide) groups is 1. The third-order valence-electron chi connectivity index (χ3n) is 5.54. The molecule has 2 aliphatic rings. The first kappa shape index (κ1) is 21.9. The summed E-state index contributed by atoms with van der Waals surface area (Å²) in [6.45, 7) is 6.38. The molecule has 2 aliphatic heterocycles. The number of nitrogens with one attached hydrogen (secondary N) is 1. The zero-order valence-corrected chi connectivity index (χ0v) is 19.5. The summed E-state index contributed by atoms with van der Waals surface area (Å²) in [5.74, 6) is 0.495. The zero-order chi connectivity index (χ0) is 22.2. The third kappa shape index (κ3) is 5.13. The van der Waals surface area contributed by atoms with E-state index in [0.717, 1.165) is 16.9 Å². The Hall–Kier alpha value is -2.32. The third-order valence-corrected chi connectivity index (χ3v) is 8.79. The van der Waals surface area contributed by atoms with Crippen LogP contribution in [-0.2, 0) is 14.6 Å². The molecule has 2 atom stereocenters. The van der Waals surface area contributed by atoms with Gasteiger partial charge in [-0.3, -0.25) is 9.79 Å². The summed E-state index contributed by atoms with van der Waals surface area (Å²) < 4.78 is 23.9. The van der Waals surface area contributed by atoms with E-state index in [-0.39, 0.29) is 35.2 Å². The van der Waals surface area contributed by atoms with Gasteiger partial charge in [-0.1, -0.05) is 55.4 Å². The highest BCUT2D eigenvalue weighted by Gasteiger charge is 2.44. The predicted molar refractivity (Wildman–Crippen MR) is 129 cm³/mol. The van der Waals surface area contributed by atoms with E-state index < -0.39 is 9.84 Å². The summed E-state index contributed by atoms with van der Waals surface area (Å²) in [4.78, 5) is 19.4. The molecule has 0 aromatic heterocycles.